The largest absolute Gasteiger partial charge is 0.478 e. The van der Waals surface area contributed by atoms with Crippen LogP contribution in [0.3, 0.4) is 0 Å². The van der Waals surface area contributed by atoms with Gasteiger partial charge in [-0.3, -0.25) is 9.78 Å². The zero-order chi connectivity index (χ0) is 15.2. The zero-order valence-electron chi connectivity index (χ0n) is 11.4. The Hall–Kier alpha value is -2.89. The summed E-state index contributed by atoms with van der Waals surface area (Å²) in [5, 5.41) is 8.59. The number of carbonyl (C=O) groups is 2. The Morgan fingerprint density at radius 3 is 2.90 bits per heavy atom. The smallest absolute Gasteiger partial charge is 0.328 e. The van der Waals surface area contributed by atoms with E-state index >= 15 is 0 Å². The fraction of sp³-hybridized carbons (Fsp3) is 0.133. The van der Waals surface area contributed by atoms with Crippen LogP contribution in [0.1, 0.15) is 21.7 Å². The number of carbonyl (C=O) groups excluding carboxylic acids is 1. The number of furan rings is 1. The van der Waals surface area contributed by atoms with Gasteiger partial charge in [0.25, 0.3) is 5.91 Å². The lowest BCUT2D eigenvalue weighted by Gasteiger charge is -2.15. The van der Waals surface area contributed by atoms with E-state index < -0.39 is 5.97 Å². The third-order valence-electron chi connectivity index (χ3n) is 2.74. The molecule has 2 heterocycles. The van der Waals surface area contributed by atoms with E-state index in [1.807, 2.05) is 0 Å². The molecule has 0 radical (unpaired) electrons. The van der Waals surface area contributed by atoms with Gasteiger partial charge < -0.3 is 14.4 Å². The average Bonchev–Trinajstić information content (AvgIpc) is 2.97. The molecule has 2 aromatic heterocycles. The van der Waals surface area contributed by atoms with Crippen molar-refractivity contribution in [3.63, 3.8) is 0 Å². The van der Waals surface area contributed by atoms with Gasteiger partial charge in [-0.25, -0.2) is 4.79 Å². The molecule has 1 N–H and O–H groups in total. The van der Waals surface area contributed by atoms with Crippen LogP contribution >= 0.6 is 0 Å². The number of hydrogen-bond acceptors (Lipinski definition) is 4. The highest BCUT2D eigenvalue weighted by Crippen LogP contribution is 2.10. The average molecular weight is 286 g/mol. The fourth-order valence-corrected chi connectivity index (χ4v) is 1.76. The van der Waals surface area contributed by atoms with Crippen LogP contribution in [0.25, 0.3) is 6.08 Å². The molecular formula is C15H14N2O4. The van der Waals surface area contributed by atoms with Gasteiger partial charge in [-0.2, -0.15) is 0 Å². The van der Waals surface area contributed by atoms with Crippen molar-refractivity contribution in [1.82, 2.24) is 9.88 Å². The molecule has 2 rings (SSSR count). The van der Waals surface area contributed by atoms with Crippen LogP contribution < -0.4 is 0 Å². The van der Waals surface area contributed by atoms with Crippen LogP contribution in [0.2, 0.25) is 0 Å². The summed E-state index contributed by atoms with van der Waals surface area (Å²) < 4.78 is 5.19. The number of hydrogen-bond donors (Lipinski definition) is 1. The normalized spacial score (nSPS) is 10.7. The van der Waals surface area contributed by atoms with Crippen molar-refractivity contribution in [2.75, 3.05) is 7.05 Å². The number of pyridine rings is 1. The molecule has 0 bridgehead atoms. The standard InChI is InChI=1S/C15H14N2O4/c1-17(10-13-3-2-6-21-13)15(20)12-7-11(8-16-9-12)4-5-14(18)19/h2-9H,10H2,1H3,(H,18,19). The van der Waals surface area contributed by atoms with Crippen LogP contribution in [0.4, 0.5) is 0 Å². The number of nitrogens with zero attached hydrogens (tertiary/aromatic N) is 2. The molecule has 6 heteroatoms. The number of aliphatic carboxylic acids is 1. The van der Waals surface area contributed by atoms with Gasteiger partial charge in [0.15, 0.2) is 0 Å². The van der Waals surface area contributed by atoms with E-state index in [-0.39, 0.29) is 5.91 Å². The van der Waals surface area contributed by atoms with Gasteiger partial charge in [0.1, 0.15) is 5.76 Å². The SMILES string of the molecule is CN(Cc1ccco1)C(=O)c1cncc(C=CC(=O)O)c1. The lowest BCUT2D eigenvalue weighted by molar-refractivity contribution is -0.131. The number of aromatic nitrogens is 1. The summed E-state index contributed by atoms with van der Waals surface area (Å²) in [6.07, 6.45) is 6.87. The molecule has 108 valence electrons. The Morgan fingerprint density at radius 1 is 1.43 bits per heavy atom. The van der Waals surface area contributed by atoms with Crippen LogP contribution in [0.5, 0.6) is 0 Å². The second-order valence-corrected chi connectivity index (χ2v) is 4.42. The molecule has 0 saturated carbocycles. The topological polar surface area (TPSA) is 83.6 Å². The molecule has 0 fully saturated rings. The van der Waals surface area contributed by atoms with Crippen LogP contribution in [0.15, 0.2) is 47.3 Å². The minimum atomic E-state index is -1.05. The van der Waals surface area contributed by atoms with Gasteiger partial charge in [-0.1, -0.05) is 0 Å². The lowest BCUT2D eigenvalue weighted by Crippen LogP contribution is -2.26. The molecule has 6 nitrogen and oxygen atoms in total. The minimum absolute atomic E-state index is 0.218. The van der Waals surface area contributed by atoms with E-state index in [0.717, 1.165) is 6.08 Å². The summed E-state index contributed by atoms with van der Waals surface area (Å²) in [5.41, 5.74) is 0.936. The molecule has 0 atom stereocenters. The van der Waals surface area contributed by atoms with E-state index in [0.29, 0.717) is 23.4 Å². The van der Waals surface area contributed by atoms with E-state index in [4.69, 9.17) is 9.52 Å². The van der Waals surface area contributed by atoms with Crippen molar-refractivity contribution in [3.05, 3.63) is 59.8 Å². The Kier molecular flexibility index (Phi) is 4.50. The first-order chi connectivity index (χ1) is 10.1. The highest BCUT2D eigenvalue weighted by Gasteiger charge is 2.13. The summed E-state index contributed by atoms with van der Waals surface area (Å²) in [4.78, 5) is 28.2. The first kappa shape index (κ1) is 14.5. The maximum absolute atomic E-state index is 12.3. The van der Waals surface area contributed by atoms with Crippen molar-refractivity contribution in [3.8, 4) is 0 Å². The third-order valence-corrected chi connectivity index (χ3v) is 2.74. The molecule has 0 aromatic carbocycles. The summed E-state index contributed by atoms with van der Waals surface area (Å²) in [6, 6.07) is 5.13. The van der Waals surface area contributed by atoms with E-state index in [2.05, 4.69) is 4.98 Å². The van der Waals surface area contributed by atoms with E-state index in [1.165, 1.54) is 23.4 Å². The Morgan fingerprint density at radius 2 is 2.24 bits per heavy atom. The van der Waals surface area contributed by atoms with Crippen molar-refractivity contribution < 1.29 is 19.1 Å². The van der Waals surface area contributed by atoms with Gasteiger partial charge in [-0.05, 0) is 29.8 Å². The highest BCUT2D eigenvalue weighted by atomic mass is 16.4. The molecular weight excluding hydrogens is 272 g/mol. The Labute approximate surface area is 121 Å². The van der Waals surface area contributed by atoms with E-state index in [1.54, 1.807) is 31.5 Å². The Bertz CT molecular complexity index is 662. The maximum atomic E-state index is 12.3. The quantitative estimate of drug-likeness (QED) is 0.850. The molecule has 1 amide bonds. The van der Waals surface area contributed by atoms with Crippen molar-refractivity contribution in [2.45, 2.75) is 6.54 Å². The maximum Gasteiger partial charge on any atom is 0.328 e. The van der Waals surface area contributed by atoms with Crippen molar-refractivity contribution in [2.24, 2.45) is 0 Å². The first-order valence-corrected chi connectivity index (χ1v) is 6.20. The molecule has 0 aliphatic rings. The highest BCUT2D eigenvalue weighted by molar-refractivity contribution is 5.94. The predicted molar refractivity (Wildman–Crippen MR) is 75.4 cm³/mol. The Balaban J connectivity index is 2.11. The molecule has 21 heavy (non-hydrogen) atoms. The molecule has 0 spiro atoms. The molecule has 0 aliphatic heterocycles. The second kappa shape index (κ2) is 6.51. The van der Waals surface area contributed by atoms with E-state index in [9.17, 15) is 9.59 Å². The summed E-state index contributed by atoms with van der Waals surface area (Å²) in [6.45, 7) is 0.348. The summed E-state index contributed by atoms with van der Waals surface area (Å²) >= 11 is 0. The number of rotatable bonds is 5. The van der Waals surface area contributed by atoms with Gasteiger partial charge in [0.2, 0.25) is 0 Å². The number of carboxylic acid groups (broad SMARTS) is 1. The molecule has 0 unspecified atom stereocenters. The van der Waals surface area contributed by atoms with Crippen LogP contribution in [0, 0.1) is 0 Å². The molecule has 0 aliphatic carbocycles. The van der Waals surface area contributed by atoms with Crippen LogP contribution in [-0.2, 0) is 11.3 Å². The second-order valence-electron chi connectivity index (χ2n) is 4.42. The molecule has 2 aromatic rings. The van der Waals surface area contributed by atoms with Gasteiger partial charge in [0.05, 0.1) is 18.4 Å². The minimum Gasteiger partial charge on any atom is -0.478 e. The zero-order valence-corrected chi connectivity index (χ0v) is 11.4. The summed E-state index contributed by atoms with van der Waals surface area (Å²) in [5.74, 6) is -0.591. The monoisotopic (exact) mass is 286 g/mol. The number of carboxylic acids is 1. The van der Waals surface area contributed by atoms with Gasteiger partial charge in [-0.15, -0.1) is 0 Å². The predicted octanol–water partition coefficient (Wildman–Crippen LogP) is 2.04. The van der Waals surface area contributed by atoms with Gasteiger partial charge >= 0.3 is 5.97 Å². The van der Waals surface area contributed by atoms with Crippen molar-refractivity contribution in [1.29, 1.82) is 0 Å². The fourth-order valence-electron chi connectivity index (χ4n) is 1.76. The third kappa shape index (κ3) is 4.04. The van der Waals surface area contributed by atoms with Gasteiger partial charge in [0, 0.05) is 25.5 Å². The number of amides is 1. The van der Waals surface area contributed by atoms with Crippen LogP contribution in [-0.4, -0.2) is 33.9 Å². The first-order valence-electron chi connectivity index (χ1n) is 6.20. The lowest BCUT2D eigenvalue weighted by atomic mass is 10.1. The summed E-state index contributed by atoms with van der Waals surface area (Å²) in [7, 11) is 1.66. The van der Waals surface area contributed by atoms with Crippen molar-refractivity contribution >= 4 is 18.0 Å². The molecule has 0 saturated heterocycles.